The van der Waals surface area contributed by atoms with E-state index in [0.29, 0.717) is 35.5 Å². The molecule has 7 rings (SSSR count). The summed E-state index contributed by atoms with van der Waals surface area (Å²) < 4.78 is 71.8. The number of carbonyl (C=O) groups is 2. The zero-order chi connectivity index (χ0) is 37.3. The third-order valence-electron chi connectivity index (χ3n) is 8.86. The van der Waals surface area contributed by atoms with Crippen LogP contribution in [0.3, 0.4) is 0 Å². The summed E-state index contributed by atoms with van der Waals surface area (Å²) in [6.07, 6.45) is -1.74. The fourth-order valence-corrected chi connectivity index (χ4v) is 6.07. The Labute approximate surface area is 300 Å². The van der Waals surface area contributed by atoms with Gasteiger partial charge in [-0.2, -0.15) is 13.2 Å². The number of aryl methyl sites for hydroxylation is 1. The van der Waals surface area contributed by atoms with Crippen LogP contribution >= 0.6 is 0 Å². The van der Waals surface area contributed by atoms with Crippen LogP contribution in [0.5, 0.6) is 17.2 Å². The van der Waals surface area contributed by atoms with Crippen molar-refractivity contribution < 1.29 is 41.0 Å². The van der Waals surface area contributed by atoms with Crippen molar-refractivity contribution in [1.29, 1.82) is 0 Å². The van der Waals surface area contributed by atoms with E-state index < -0.39 is 42.2 Å². The maximum Gasteiger partial charge on any atom is 0.389 e. The summed E-state index contributed by atoms with van der Waals surface area (Å²) in [5.41, 5.74) is 0.560. The van der Waals surface area contributed by atoms with Crippen molar-refractivity contribution >= 4 is 22.9 Å². The van der Waals surface area contributed by atoms with Gasteiger partial charge in [0.1, 0.15) is 34.4 Å². The maximum atomic E-state index is 13.8. The summed E-state index contributed by atoms with van der Waals surface area (Å²) in [6, 6.07) is 20.0. The number of rotatable bonds is 11. The van der Waals surface area contributed by atoms with E-state index in [1.165, 1.54) is 38.4 Å². The maximum absolute atomic E-state index is 13.8. The van der Waals surface area contributed by atoms with E-state index in [9.17, 15) is 27.2 Å². The molecule has 10 nitrogen and oxygen atoms in total. The third-order valence-corrected chi connectivity index (χ3v) is 8.86. The molecule has 1 fully saturated rings. The van der Waals surface area contributed by atoms with Crippen LogP contribution in [-0.2, 0) is 12.0 Å². The molecule has 1 aliphatic rings. The van der Waals surface area contributed by atoms with Crippen LogP contribution in [0.4, 0.5) is 17.6 Å². The van der Waals surface area contributed by atoms with Gasteiger partial charge in [0.2, 0.25) is 5.71 Å². The quantitative estimate of drug-likeness (QED) is 0.128. The first-order valence-electron chi connectivity index (χ1n) is 16.5. The average Bonchev–Trinajstić information content (AvgIpc) is 3.84. The zero-order valence-corrected chi connectivity index (χ0v) is 28.4. The fourth-order valence-electron chi connectivity index (χ4n) is 6.07. The number of pyridine rings is 1. The second kappa shape index (κ2) is 14.0. The topological polar surface area (TPSA) is 128 Å². The molecule has 0 saturated heterocycles. The molecule has 0 unspecified atom stereocenters. The van der Waals surface area contributed by atoms with Gasteiger partial charge in [-0.15, -0.1) is 0 Å². The van der Waals surface area contributed by atoms with Gasteiger partial charge in [-0.25, -0.2) is 19.3 Å². The number of benzene rings is 3. The number of amides is 2. The second-order valence-electron chi connectivity index (χ2n) is 12.4. The van der Waals surface area contributed by atoms with Crippen molar-refractivity contribution in [2.24, 2.45) is 0 Å². The van der Waals surface area contributed by atoms with Crippen LogP contribution in [0.25, 0.3) is 33.6 Å². The number of alkyl halides is 3. The highest BCUT2D eigenvalue weighted by atomic mass is 19.4. The number of fused-ring (bicyclic) bond motifs is 1. The highest BCUT2D eigenvalue weighted by molar-refractivity contribution is 6.11. The van der Waals surface area contributed by atoms with Gasteiger partial charge in [0.05, 0.1) is 29.3 Å². The first-order chi connectivity index (χ1) is 25.5. The minimum absolute atomic E-state index is 0.0466. The molecular weight excluding hydrogens is 694 g/mol. The summed E-state index contributed by atoms with van der Waals surface area (Å²) in [5.74, 6) is 0.0281. The second-order valence-corrected chi connectivity index (χ2v) is 12.4. The lowest BCUT2D eigenvalue weighted by Gasteiger charge is -2.18. The molecular formula is C39H31F4N5O5. The molecule has 0 spiro atoms. The lowest BCUT2D eigenvalue weighted by molar-refractivity contribution is -0.134. The van der Waals surface area contributed by atoms with Crippen molar-refractivity contribution in [2.75, 3.05) is 14.2 Å². The summed E-state index contributed by atoms with van der Waals surface area (Å²) >= 11 is 0. The van der Waals surface area contributed by atoms with Crippen molar-refractivity contribution in [3.8, 4) is 39.7 Å². The number of methoxy groups -OCH3 is 1. The Balaban J connectivity index is 1.31. The predicted octanol–water partition coefficient (Wildman–Crippen LogP) is 8.17. The molecule has 2 amide bonds. The van der Waals surface area contributed by atoms with Gasteiger partial charge in [0.15, 0.2) is 5.82 Å². The van der Waals surface area contributed by atoms with Gasteiger partial charge < -0.3 is 24.5 Å². The van der Waals surface area contributed by atoms with Gasteiger partial charge in [-0.3, -0.25) is 9.59 Å². The molecule has 0 atom stereocenters. The Bertz CT molecular complexity index is 2320. The van der Waals surface area contributed by atoms with Crippen LogP contribution < -0.4 is 20.1 Å². The van der Waals surface area contributed by atoms with Crippen molar-refractivity contribution in [3.63, 3.8) is 0 Å². The summed E-state index contributed by atoms with van der Waals surface area (Å²) in [6.45, 7) is 0. The van der Waals surface area contributed by atoms with E-state index in [-0.39, 0.29) is 50.7 Å². The number of aromatic nitrogens is 3. The van der Waals surface area contributed by atoms with Crippen molar-refractivity contribution in [3.05, 3.63) is 120 Å². The highest BCUT2D eigenvalue weighted by Gasteiger charge is 2.48. The van der Waals surface area contributed by atoms with Crippen molar-refractivity contribution in [1.82, 2.24) is 25.6 Å². The molecule has 1 saturated carbocycles. The molecule has 3 aromatic carbocycles. The molecule has 270 valence electrons. The molecule has 0 radical (unpaired) electrons. The van der Waals surface area contributed by atoms with E-state index in [0.717, 1.165) is 0 Å². The first-order valence-corrected chi connectivity index (χ1v) is 16.5. The lowest BCUT2D eigenvalue weighted by atomic mass is 9.96. The molecule has 2 N–H and O–H groups in total. The van der Waals surface area contributed by atoms with E-state index in [2.05, 4.69) is 25.6 Å². The van der Waals surface area contributed by atoms with E-state index in [1.54, 1.807) is 67.0 Å². The molecule has 3 aromatic heterocycles. The molecule has 1 aliphatic carbocycles. The van der Waals surface area contributed by atoms with Gasteiger partial charge in [0.25, 0.3) is 11.8 Å². The van der Waals surface area contributed by atoms with Crippen LogP contribution in [0.1, 0.15) is 51.5 Å². The normalized spacial score (nSPS) is 13.4. The Kier molecular flexibility index (Phi) is 9.28. The largest absolute Gasteiger partial charge is 0.496 e. The van der Waals surface area contributed by atoms with Gasteiger partial charge in [-0.05, 0) is 85.5 Å². The van der Waals surface area contributed by atoms with E-state index in [1.807, 2.05) is 0 Å². The molecule has 0 bridgehead atoms. The van der Waals surface area contributed by atoms with Crippen LogP contribution in [0.15, 0.2) is 95.7 Å². The molecule has 0 aliphatic heterocycles. The van der Waals surface area contributed by atoms with Gasteiger partial charge >= 0.3 is 6.18 Å². The van der Waals surface area contributed by atoms with Crippen molar-refractivity contribution in [2.45, 2.75) is 37.4 Å². The Hall–Kier alpha value is -6.31. The van der Waals surface area contributed by atoms with E-state index in [4.69, 9.17) is 13.9 Å². The van der Waals surface area contributed by atoms with Crippen LogP contribution in [0, 0.1) is 5.82 Å². The smallest absolute Gasteiger partial charge is 0.389 e. The van der Waals surface area contributed by atoms with Crippen LogP contribution in [0.2, 0.25) is 0 Å². The lowest BCUT2D eigenvalue weighted by Crippen LogP contribution is -2.36. The molecule has 53 heavy (non-hydrogen) atoms. The number of nitrogens with one attached hydrogen (secondary N) is 2. The summed E-state index contributed by atoms with van der Waals surface area (Å²) in [4.78, 5) is 40.3. The molecule has 3 heterocycles. The Morgan fingerprint density at radius 3 is 2.30 bits per heavy atom. The van der Waals surface area contributed by atoms with Gasteiger partial charge in [-0.1, -0.05) is 12.1 Å². The Morgan fingerprint density at radius 2 is 1.64 bits per heavy atom. The first kappa shape index (κ1) is 35.1. The average molecular weight is 726 g/mol. The molecule has 6 aromatic rings. The monoisotopic (exact) mass is 725 g/mol. The predicted molar refractivity (Wildman–Crippen MR) is 186 cm³/mol. The number of hydrogen-bond donors (Lipinski definition) is 2. The Morgan fingerprint density at radius 1 is 0.906 bits per heavy atom. The molecule has 14 heteroatoms. The van der Waals surface area contributed by atoms with Crippen LogP contribution in [-0.4, -0.2) is 47.1 Å². The summed E-state index contributed by atoms with van der Waals surface area (Å²) in [5, 5.41) is 5.86. The number of carbonyl (C=O) groups excluding carboxylic acids is 2. The minimum atomic E-state index is -4.49. The SMILES string of the molecule is CNC(=O)c1c(-c2ccc(Oc3cccc(F)c3)cc2)oc2nc(CCC(F)(F)F)c(-c3ccc(OC)c(C(=O)NC4(c5ncccn5)CC4)c3)cc12. The van der Waals surface area contributed by atoms with E-state index >= 15 is 0 Å². The minimum Gasteiger partial charge on any atom is -0.496 e. The zero-order valence-electron chi connectivity index (χ0n) is 28.4. The number of furan rings is 1. The standard InChI is InChI=1S/C39H31F4N5O5/c1-44-35(50)32-29-21-27(23-9-12-31(51-2)28(19-23)34(49)48-38(15-16-38)37-45-17-4-18-46-37)30(13-14-39(41,42)43)47-36(29)53-33(32)22-7-10-25(11-8-22)52-26-6-3-5-24(40)20-26/h3-12,17-21H,13-16H2,1-2H3,(H,44,50)(H,48,49). The number of nitrogens with zero attached hydrogens (tertiary/aromatic N) is 3. The summed E-state index contributed by atoms with van der Waals surface area (Å²) in [7, 11) is 2.85. The highest BCUT2D eigenvalue weighted by Crippen LogP contribution is 2.44. The number of halogens is 4. The van der Waals surface area contributed by atoms with Gasteiger partial charge in [0, 0.05) is 43.1 Å². The third kappa shape index (κ3) is 7.38. The number of ether oxygens (including phenoxy) is 2. The fraction of sp³-hybridized carbons (Fsp3) is 0.205. The number of hydrogen-bond acceptors (Lipinski definition) is 8.